The number of hydrogen-bond acceptors (Lipinski definition) is 1. The smallest absolute Gasteiger partial charge is 0.0631 e. The zero-order valence-electron chi connectivity index (χ0n) is 8.47. The second-order valence-electron chi connectivity index (χ2n) is 4.17. The molecule has 0 fully saturated rings. The third-order valence-electron chi connectivity index (χ3n) is 1.98. The normalized spacial score (nSPS) is 12.2. The van der Waals surface area contributed by atoms with E-state index < -0.39 is 0 Å². The zero-order chi connectivity index (χ0) is 9.52. The molecule has 0 N–H and O–H groups in total. The summed E-state index contributed by atoms with van der Waals surface area (Å²) in [7, 11) is 0. The Morgan fingerprint density at radius 3 is 1.92 bits per heavy atom. The highest BCUT2D eigenvalue weighted by atomic mass is 15.3. The molecule has 2 heteroatoms. The summed E-state index contributed by atoms with van der Waals surface area (Å²) < 4.78 is 1.97. The number of hydrogen-bond donors (Lipinski definition) is 0. The van der Waals surface area contributed by atoms with Crippen molar-refractivity contribution in [1.29, 1.82) is 0 Å². The fourth-order valence-corrected chi connectivity index (χ4v) is 1.31. The second-order valence-corrected chi connectivity index (χ2v) is 4.17. The van der Waals surface area contributed by atoms with E-state index in [-0.39, 0.29) is 5.54 Å². The van der Waals surface area contributed by atoms with Crippen molar-refractivity contribution < 1.29 is 0 Å². The maximum absolute atomic E-state index is 5.82. The molecule has 0 unspecified atom stereocenters. The lowest BCUT2D eigenvalue weighted by Gasteiger charge is -2.21. The van der Waals surface area contributed by atoms with E-state index >= 15 is 0 Å². The summed E-state index contributed by atoms with van der Waals surface area (Å²) in [5.74, 6) is 0. The van der Waals surface area contributed by atoms with Crippen LogP contribution in [0.15, 0.2) is 0 Å². The number of aryl methyl sites for hydroxylation is 1. The predicted molar refractivity (Wildman–Crippen MR) is 50.1 cm³/mol. The van der Waals surface area contributed by atoms with Crippen molar-refractivity contribution in [3.05, 3.63) is 23.9 Å². The van der Waals surface area contributed by atoms with Crippen LogP contribution >= 0.6 is 0 Å². The molecule has 1 aromatic rings. The molecule has 66 valence electrons. The van der Waals surface area contributed by atoms with Crippen molar-refractivity contribution in [1.82, 2.24) is 9.78 Å². The fourth-order valence-electron chi connectivity index (χ4n) is 1.31. The van der Waals surface area contributed by atoms with E-state index in [4.69, 9.17) is 6.92 Å². The van der Waals surface area contributed by atoms with Gasteiger partial charge in [0, 0.05) is 18.2 Å². The molecule has 1 heterocycles. The van der Waals surface area contributed by atoms with Gasteiger partial charge in [-0.3, -0.25) is 4.68 Å². The van der Waals surface area contributed by atoms with Crippen LogP contribution in [0.25, 0.3) is 0 Å². The third-order valence-corrected chi connectivity index (χ3v) is 1.98. The van der Waals surface area contributed by atoms with Crippen molar-refractivity contribution in [3.63, 3.8) is 0 Å². The van der Waals surface area contributed by atoms with Crippen molar-refractivity contribution in [3.8, 4) is 0 Å². The highest BCUT2D eigenvalue weighted by molar-refractivity contribution is 5.27. The summed E-state index contributed by atoms with van der Waals surface area (Å²) >= 11 is 0. The Balaban J connectivity index is 3.28. The summed E-state index contributed by atoms with van der Waals surface area (Å²) in [6.07, 6.45) is 0. The van der Waals surface area contributed by atoms with Gasteiger partial charge in [0.25, 0.3) is 0 Å². The van der Waals surface area contributed by atoms with Crippen molar-refractivity contribution in [2.45, 2.75) is 40.2 Å². The van der Waals surface area contributed by atoms with Gasteiger partial charge in [-0.2, -0.15) is 5.10 Å². The van der Waals surface area contributed by atoms with Gasteiger partial charge < -0.3 is 0 Å². The molecule has 0 aromatic carbocycles. The first-order valence-corrected chi connectivity index (χ1v) is 4.16. The summed E-state index contributed by atoms with van der Waals surface area (Å²) in [5, 5.41) is 4.37. The average molecular weight is 164 g/mol. The lowest BCUT2D eigenvalue weighted by Crippen LogP contribution is -2.24. The molecule has 0 aliphatic carbocycles. The topological polar surface area (TPSA) is 17.8 Å². The summed E-state index contributed by atoms with van der Waals surface area (Å²) in [5.41, 5.74) is 2.80. The van der Waals surface area contributed by atoms with Crippen LogP contribution in [0.1, 0.15) is 37.7 Å². The molecule has 2 nitrogen and oxygen atoms in total. The van der Waals surface area contributed by atoms with E-state index in [9.17, 15) is 0 Å². The van der Waals surface area contributed by atoms with Gasteiger partial charge in [-0.05, 0) is 34.6 Å². The molecule has 1 rings (SSSR count). The number of rotatable bonds is 0. The van der Waals surface area contributed by atoms with Gasteiger partial charge in [0.1, 0.15) is 0 Å². The van der Waals surface area contributed by atoms with E-state index in [0.29, 0.717) is 0 Å². The quantitative estimate of drug-likeness (QED) is 0.575. The van der Waals surface area contributed by atoms with Gasteiger partial charge in [-0.25, -0.2) is 0 Å². The van der Waals surface area contributed by atoms with Crippen molar-refractivity contribution in [2.24, 2.45) is 0 Å². The molecule has 2 radical (unpaired) electrons. The molecule has 0 saturated heterocycles. The summed E-state index contributed by atoms with van der Waals surface area (Å²) in [6, 6.07) is 0. The standard InChI is InChI=1S/C10H16N2/c1-7-8(2)11-12(9(7)3)10(4,5)6/h1H,2-6H3. The Morgan fingerprint density at radius 2 is 1.75 bits per heavy atom. The maximum atomic E-state index is 5.82. The van der Waals surface area contributed by atoms with Gasteiger partial charge >= 0.3 is 0 Å². The van der Waals surface area contributed by atoms with E-state index in [1.165, 1.54) is 0 Å². The maximum Gasteiger partial charge on any atom is 0.0631 e. The van der Waals surface area contributed by atoms with E-state index in [2.05, 4.69) is 25.9 Å². The van der Waals surface area contributed by atoms with E-state index in [0.717, 1.165) is 17.0 Å². The summed E-state index contributed by atoms with van der Waals surface area (Å²) in [6.45, 7) is 16.1. The second kappa shape index (κ2) is 2.61. The minimum absolute atomic E-state index is 0.0203. The van der Waals surface area contributed by atoms with Gasteiger partial charge in [0.05, 0.1) is 11.2 Å². The van der Waals surface area contributed by atoms with Crippen molar-refractivity contribution >= 4 is 0 Å². The molecule has 0 amide bonds. The van der Waals surface area contributed by atoms with Crippen LogP contribution in [-0.4, -0.2) is 9.78 Å². The Labute approximate surface area is 74.6 Å². The Bertz CT molecular complexity index is 290. The van der Waals surface area contributed by atoms with Crippen LogP contribution in [0, 0.1) is 20.8 Å². The molecule has 12 heavy (non-hydrogen) atoms. The highest BCUT2D eigenvalue weighted by Gasteiger charge is 2.18. The average Bonchev–Trinajstić information content (AvgIpc) is 2.15. The van der Waals surface area contributed by atoms with E-state index in [1.807, 2.05) is 18.5 Å². The SMILES string of the molecule is [CH]c1c(C)nn(C(C)(C)C)c1C. The minimum atomic E-state index is 0.0203. The van der Waals surface area contributed by atoms with Crippen LogP contribution in [0.5, 0.6) is 0 Å². The molecule has 0 saturated carbocycles. The van der Waals surface area contributed by atoms with Crippen LogP contribution in [-0.2, 0) is 5.54 Å². The first-order valence-electron chi connectivity index (χ1n) is 4.16. The van der Waals surface area contributed by atoms with Gasteiger partial charge in [-0.1, -0.05) is 0 Å². The Morgan fingerprint density at radius 1 is 1.25 bits per heavy atom. The molecule has 0 bridgehead atoms. The van der Waals surface area contributed by atoms with Crippen LogP contribution < -0.4 is 0 Å². The molecular formula is C10H16N2. The van der Waals surface area contributed by atoms with E-state index in [1.54, 1.807) is 0 Å². The third kappa shape index (κ3) is 1.38. The summed E-state index contributed by atoms with van der Waals surface area (Å²) in [4.78, 5) is 0. The molecular weight excluding hydrogens is 148 g/mol. The van der Waals surface area contributed by atoms with Gasteiger partial charge in [0.2, 0.25) is 0 Å². The predicted octanol–water partition coefficient (Wildman–Crippen LogP) is 2.31. The Hall–Kier alpha value is -0.790. The monoisotopic (exact) mass is 164 g/mol. The van der Waals surface area contributed by atoms with Crippen molar-refractivity contribution in [2.75, 3.05) is 0 Å². The largest absolute Gasteiger partial charge is 0.264 e. The van der Waals surface area contributed by atoms with Gasteiger partial charge in [0.15, 0.2) is 0 Å². The lowest BCUT2D eigenvalue weighted by atomic mass is 10.1. The number of aromatic nitrogens is 2. The van der Waals surface area contributed by atoms with Gasteiger partial charge in [-0.15, -0.1) is 0 Å². The minimum Gasteiger partial charge on any atom is -0.264 e. The molecule has 0 atom stereocenters. The molecule has 0 aliphatic heterocycles. The van der Waals surface area contributed by atoms with Crippen LogP contribution in [0.3, 0.4) is 0 Å². The Kier molecular flexibility index (Phi) is 2.02. The van der Waals surface area contributed by atoms with Crippen LogP contribution in [0.2, 0.25) is 0 Å². The molecule has 0 aliphatic rings. The highest BCUT2D eigenvalue weighted by Crippen LogP contribution is 2.19. The zero-order valence-corrected chi connectivity index (χ0v) is 8.47. The molecule has 1 aromatic heterocycles. The first-order chi connectivity index (χ1) is 5.34. The first kappa shape index (κ1) is 9.30. The number of nitrogens with zero attached hydrogens (tertiary/aromatic N) is 2. The fraction of sp³-hybridized carbons (Fsp3) is 0.600. The van der Waals surface area contributed by atoms with Crippen LogP contribution in [0.4, 0.5) is 0 Å². The molecule has 0 spiro atoms. The lowest BCUT2D eigenvalue weighted by molar-refractivity contribution is 0.346.